The van der Waals surface area contributed by atoms with Gasteiger partial charge in [0.15, 0.2) is 0 Å². The van der Waals surface area contributed by atoms with Gasteiger partial charge in [0.05, 0.1) is 12.4 Å². The molecule has 5 heteroatoms. The Morgan fingerprint density at radius 1 is 1.38 bits per heavy atom. The quantitative estimate of drug-likeness (QED) is 0.465. The van der Waals surface area contributed by atoms with Crippen LogP contribution in [-0.4, -0.2) is 30.0 Å². The van der Waals surface area contributed by atoms with E-state index >= 15 is 0 Å². The Morgan fingerprint density at radius 2 is 2.06 bits per heavy atom. The number of alkyl halides is 2. The summed E-state index contributed by atoms with van der Waals surface area (Å²) < 4.78 is 30.5. The first kappa shape index (κ1) is 15.7. The normalized spacial score (nSPS) is 11.5. The molecule has 0 atom stereocenters. The molecule has 96 valence electrons. The molecule has 0 aliphatic carbocycles. The van der Waals surface area contributed by atoms with E-state index in [4.69, 9.17) is 4.74 Å². The molecule has 0 spiro atoms. The molecule has 2 nitrogen and oxygen atoms in total. The molecule has 0 aliphatic heterocycles. The summed E-state index contributed by atoms with van der Waals surface area (Å²) in [6.45, 7) is 3.84. The van der Waals surface area contributed by atoms with Gasteiger partial charge < -0.3 is 4.74 Å². The lowest BCUT2D eigenvalue weighted by Gasteiger charge is -2.12. The lowest BCUT2D eigenvalue weighted by Crippen LogP contribution is -2.14. The first-order chi connectivity index (χ1) is 7.52. The summed E-state index contributed by atoms with van der Waals surface area (Å²) in [6.07, 6.45) is 1.03. The molecule has 0 aromatic heterocycles. The van der Waals surface area contributed by atoms with Gasteiger partial charge in [-0.1, -0.05) is 13.8 Å². The molecule has 0 aliphatic rings. The third-order valence-electron chi connectivity index (χ3n) is 2.04. The number of hydrogen-bond acceptors (Lipinski definition) is 3. The highest BCUT2D eigenvalue weighted by Crippen LogP contribution is 2.24. The van der Waals surface area contributed by atoms with Crippen molar-refractivity contribution in [2.24, 2.45) is 0 Å². The second-order valence-electron chi connectivity index (χ2n) is 3.59. The SMILES string of the molecule is CCCOC(=O)CSCCCC(F)(F)CC. The highest BCUT2D eigenvalue weighted by Gasteiger charge is 2.24. The number of halogens is 2. The van der Waals surface area contributed by atoms with Crippen LogP contribution in [0.25, 0.3) is 0 Å². The van der Waals surface area contributed by atoms with E-state index in [1.807, 2.05) is 6.92 Å². The molecule has 0 saturated carbocycles. The molecule has 0 fully saturated rings. The molecular formula is C11H20F2O2S. The van der Waals surface area contributed by atoms with Crippen molar-refractivity contribution in [3.63, 3.8) is 0 Å². The van der Waals surface area contributed by atoms with Crippen LogP contribution in [-0.2, 0) is 9.53 Å². The van der Waals surface area contributed by atoms with Gasteiger partial charge in [-0.3, -0.25) is 4.79 Å². The molecule has 0 rings (SSSR count). The van der Waals surface area contributed by atoms with Gasteiger partial charge in [0.1, 0.15) is 0 Å². The number of carbonyl (C=O) groups excluding carboxylic acids is 1. The Kier molecular flexibility index (Phi) is 8.61. The van der Waals surface area contributed by atoms with Crippen LogP contribution in [0, 0.1) is 0 Å². The topological polar surface area (TPSA) is 26.3 Å². The Balaban J connectivity index is 3.36. The second-order valence-corrected chi connectivity index (χ2v) is 4.69. The van der Waals surface area contributed by atoms with Crippen LogP contribution in [0.3, 0.4) is 0 Å². The van der Waals surface area contributed by atoms with Crippen LogP contribution >= 0.6 is 11.8 Å². The zero-order valence-corrected chi connectivity index (χ0v) is 10.7. The van der Waals surface area contributed by atoms with Crippen molar-refractivity contribution < 1.29 is 18.3 Å². The fraction of sp³-hybridized carbons (Fsp3) is 0.909. The molecule has 0 aromatic carbocycles. The van der Waals surface area contributed by atoms with Crippen LogP contribution in [0.15, 0.2) is 0 Å². The fourth-order valence-corrected chi connectivity index (χ4v) is 1.77. The van der Waals surface area contributed by atoms with Crippen LogP contribution in [0.1, 0.15) is 39.5 Å². The van der Waals surface area contributed by atoms with Crippen LogP contribution in [0.2, 0.25) is 0 Å². The van der Waals surface area contributed by atoms with Gasteiger partial charge in [-0.05, 0) is 18.6 Å². The molecule has 0 unspecified atom stereocenters. The standard InChI is InChI=1S/C11H20F2O2S/c1-3-7-15-10(14)9-16-8-5-6-11(12,13)4-2/h3-9H2,1-2H3. The number of ether oxygens (including phenoxy) is 1. The van der Waals surface area contributed by atoms with Gasteiger partial charge in [-0.15, -0.1) is 0 Å². The zero-order chi connectivity index (χ0) is 12.4. The summed E-state index contributed by atoms with van der Waals surface area (Å²) in [5, 5.41) is 0. The van der Waals surface area contributed by atoms with E-state index in [2.05, 4.69) is 0 Å². The maximum absolute atomic E-state index is 12.8. The van der Waals surface area contributed by atoms with E-state index in [9.17, 15) is 13.6 Å². The van der Waals surface area contributed by atoms with E-state index in [1.165, 1.54) is 18.7 Å². The Morgan fingerprint density at radius 3 is 2.62 bits per heavy atom. The molecule has 0 saturated heterocycles. The first-order valence-electron chi connectivity index (χ1n) is 5.63. The summed E-state index contributed by atoms with van der Waals surface area (Å²) in [5.41, 5.74) is 0. The van der Waals surface area contributed by atoms with Crippen molar-refractivity contribution >= 4 is 17.7 Å². The molecule has 0 radical (unpaired) electrons. The predicted octanol–water partition coefficient (Wildman–Crippen LogP) is 3.50. The van der Waals surface area contributed by atoms with Gasteiger partial charge in [-0.25, -0.2) is 8.78 Å². The Bertz CT molecular complexity index is 198. The average molecular weight is 254 g/mol. The maximum atomic E-state index is 12.8. The molecule has 0 bridgehead atoms. The lowest BCUT2D eigenvalue weighted by molar-refractivity contribution is -0.140. The van der Waals surface area contributed by atoms with E-state index < -0.39 is 5.92 Å². The summed E-state index contributed by atoms with van der Waals surface area (Å²) in [7, 11) is 0. The third kappa shape index (κ3) is 8.95. The number of hydrogen-bond donors (Lipinski definition) is 0. The molecular weight excluding hydrogens is 234 g/mol. The highest BCUT2D eigenvalue weighted by molar-refractivity contribution is 7.99. The molecule has 0 N–H and O–H groups in total. The van der Waals surface area contributed by atoms with Gasteiger partial charge >= 0.3 is 5.97 Å². The van der Waals surface area contributed by atoms with Crippen molar-refractivity contribution in [2.75, 3.05) is 18.1 Å². The van der Waals surface area contributed by atoms with Crippen molar-refractivity contribution in [2.45, 2.75) is 45.5 Å². The molecule has 0 aromatic rings. The van der Waals surface area contributed by atoms with E-state index in [0.29, 0.717) is 18.8 Å². The second kappa shape index (κ2) is 8.79. The Hall–Kier alpha value is -0.320. The van der Waals surface area contributed by atoms with E-state index in [-0.39, 0.29) is 24.6 Å². The molecule has 0 heterocycles. The minimum absolute atomic E-state index is 0.0967. The van der Waals surface area contributed by atoms with E-state index in [0.717, 1.165) is 6.42 Å². The maximum Gasteiger partial charge on any atom is 0.315 e. The molecule has 16 heavy (non-hydrogen) atoms. The Labute approximate surface area is 100 Å². The van der Waals surface area contributed by atoms with Crippen molar-refractivity contribution in [3.05, 3.63) is 0 Å². The minimum Gasteiger partial charge on any atom is -0.465 e. The van der Waals surface area contributed by atoms with Gasteiger partial charge in [-0.2, -0.15) is 11.8 Å². The fourth-order valence-electron chi connectivity index (χ4n) is 1.02. The average Bonchev–Trinajstić information content (AvgIpc) is 2.25. The van der Waals surface area contributed by atoms with Crippen LogP contribution in [0.4, 0.5) is 8.78 Å². The number of thioether (sulfide) groups is 1. The van der Waals surface area contributed by atoms with Crippen molar-refractivity contribution in [1.82, 2.24) is 0 Å². The van der Waals surface area contributed by atoms with Gasteiger partial charge in [0.2, 0.25) is 5.92 Å². The third-order valence-corrected chi connectivity index (χ3v) is 3.05. The smallest absolute Gasteiger partial charge is 0.315 e. The van der Waals surface area contributed by atoms with Crippen molar-refractivity contribution in [1.29, 1.82) is 0 Å². The van der Waals surface area contributed by atoms with Crippen LogP contribution < -0.4 is 0 Å². The van der Waals surface area contributed by atoms with Gasteiger partial charge in [0, 0.05) is 12.8 Å². The van der Waals surface area contributed by atoms with Gasteiger partial charge in [0.25, 0.3) is 0 Å². The first-order valence-corrected chi connectivity index (χ1v) is 6.78. The summed E-state index contributed by atoms with van der Waals surface area (Å²) in [4.78, 5) is 11.0. The lowest BCUT2D eigenvalue weighted by atomic mass is 10.1. The predicted molar refractivity (Wildman–Crippen MR) is 63.0 cm³/mol. The molecule has 0 amide bonds. The number of rotatable bonds is 9. The minimum atomic E-state index is -2.55. The highest BCUT2D eigenvalue weighted by atomic mass is 32.2. The van der Waals surface area contributed by atoms with Crippen LogP contribution in [0.5, 0.6) is 0 Å². The summed E-state index contributed by atoms with van der Waals surface area (Å²) >= 11 is 1.36. The zero-order valence-electron chi connectivity index (χ0n) is 9.93. The summed E-state index contributed by atoms with van der Waals surface area (Å²) in [5.74, 6) is -1.97. The van der Waals surface area contributed by atoms with E-state index in [1.54, 1.807) is 0 Å². The van der Waals surface area contributed by atoms with Crippen molar-refractivity contribution in [3.8, 4) is 0 Å². The largest absolute Gasteiger partial charge is 0.465 e. The number of esters is 1. The monoisotopic (exact) mass is 254 g/mol. The summed E-state index contributed by atoms with van der Waals surface area (Å²) in [6, 6.07) is 0. The number of carbonyl (C=O) groups is 1.